The number of fused-ring (bicyclic) bond motifs is 1. The van der Waals surface area contributed by atoms with Gasteiger partial charge in [-0.25, -0.2) is 4.79 Å². The number of urea groups is 1. The van der Waals surface area contributed by atoms with Crippen LogP contribution in [0.4, 0.5) is 4.79 Å². The lowest BCUT2D eigenvalue weighted by Crippen LogP contribution is -2.40. The highest BCUT2D eigenvalue weighted by Crippen LogP contribution is 2.27. The third kappa shape index (κ3) is 6.23. The fourth-order valence-electron chi connectivity index (χ4n) is 2.51. The summed E-state index contributed by atoms with van der Waals surface area (Å²) in [6, 6.07) is 5.92. The number of aryl methyl sites for hydroxylation is 2. The average molecular weight is 336 g/mol. The van der Waals surface area contributed by atoms with Crippen molar-refractivity contribution < 1.29 is 14.3 Å². The Hall–Kier alpha value is -1.53. The highest BCUT2D eigenvalue weighted by molar-refractivity contribution is 8.00. The summed E-state index contributed by atoms with van der Waals surface area (Å²) in [6.45, 7) is 3.71. The Morgan fingerprint density at radius 3 is 2.91 bits per heavy atom. The van der Waals surface area contributed by atoms with Crippen molar-refractivity contribution >= 4 is 23.7 Å². The first kappa shape index (κ1) is 17.8. The minimum atomic E-state index is -0.443. The van der Waals surface area contributed by atoms with E-state index in [0.29, 0.717) is 19.8 Å². The second-order valence-corrected chi connectivity index (χ2v) is 6.48. The van der Waals surface area contributed by atoms with E-state index in [2.05, 4.69) is 28.8 Å². The maximum atomic E-state index is 11.8. The number of thioether (sulfide) groups is 1. The Morgan fingerprint density at radius 1 is 1.26 bits per heavy atom. The number of hydrogen-bond donors (Lipinski definition) is 2. The van der Waals surface area contributed by atoms with Gasteiger partial charge in [0.25, 0.3) is 0 Å². The molecular formula is C17H24N2O3S. The van der Waals surface area contributed by atoms with Crippen LogP contribution in [0.3, 0.4) is 0 Å². The first-order valence-corrected chi connectivity index (χ1v) is 9.07. The molecule has 0 atom stereocenters. The van der Waals surface area contributed by atoms with Crippen molar-refractivity contribution in [3.05, 3.63) is 29.3 Å². The zero-order valence-electron chi connectivity index (χ0n) is 13.5. The molecule has 23 heavy (non-hydrogen) atoms. The minimum Gasteiger partial charge on any atom is -0.382 e. The second-order valence-electron chi connectivity index (χ2n) is 5.43. The van der Waals surface area contributed by atoms with E-state index in [4.69, 9.17) is 4.74 Å². The van der Waals surface area contributed by atoms with Gasteiger partial charge in [-0.2, -0.15) is 0 Å². The molecule has 0 fully saturated rings. The van der Waals surface area contributed by atoms with Crippen LogP contribution < -0.4 is 10.6 Å². The van der Waals surface area contributed by atoms with E-state index < -0.39 is 6.03 Å². The van der Waals surface area contributed by atoms with E-state index in [1.165, 1.54) is 29.3 Å². The molecule has 1 aliphatic carbocycles. The molecule has 1 aromatic carbocycles. The number of rotatable bonds is 8. The number of imide groups is 1. The Morgan fingerprint density at radius 2 is 2.09 bits per heavy atom. The fourth-order valence-corrected chi connectivity index (χ4v) is 3.27. The summed E-state index contributed by atoms with van der Waals surface area (Å²) in [5.74, 6) is -0.0386. The van der Waals surface area contributed by atoms with Crippen LogP contribution in [0.5, 0.6) is 0 Å². The molecule has 6 heteroatoms. The van der Waals surface area contributed by atoms with Crippen molar-refractivity contribution in [2.75, 3.05) is 25.5 Å². The summed E-state index contributed by atoms with van der Waals surface area (Å²) in [4.78, 5) is 24.4. The molecule has 1 aromatic rings. The van der Waals surface area contributed by atoms with Gasteiger partial charge in [0.05, 0.1) is 5.75 Å². The highest BCUT2D eigenvalue weighted by atomic mass is 32.2. The van der Waals surface area contributed by atoms with Gasteiger partial charge in [-0.3, -0.25) is 10.1 Å². The van der Waals surface area contributed by atoms with Gasteiger partial charge >= 0.3 is 6.03 Å². The van der Waals surface area contributed by atoms with Crippen LogP contribution in [-0.4, -0.2) is 37.4 Å². The van der Waals surface area contributed by atoms with Crippen LogP contribution in [0, 0.1) is 0 Å². The molecule has 1 aliphatic rings. The smallest absolute Gasteiger partial charge is 0.321 e. The SMILES string of the molecule is CCOCCCNC(=O)NC(=O)CSc1ccc2c(c1)CCC2. The van der Waals surface area contributed by atoms with Crippen LogP contribution >= 0.6 is 11.8 Å². The quantitative estimate of drug-likeness (QED) is 0.565. The van der Waals surface area contributed by atoms with Gasteiger partial charge in [-0.1, -0.05) is 6.07 Å². The van der Waals surface area contributed by atoms with E-state index in [-0.39, 0.29) is 11.7 Å². The van der Waals surface area contributed by atoms with Crippen LogP contribution in [0.15, 0.2) is 23.1 Å². The summed E-state index contributed by atoms with van der Waals surface area (Å²) >= 11 is 1.46. The number of carbonyl (C=O) groups is 2. The van der Waals surface area contributed by atoms with Gasteiger partial charge in [-0.15, -0.1) is 11.8 Å². The summed E-state index contributed by atoms with van der Waals surface area (Å²) in [6.07, 6.45) is 4.23. The van der Waals surface area contributed by atoms with E-state index in [1.807, 2.05) is 6.92 Å². The molecule has 0 aliphatic heterocycles. The fraction of sp³-hybridized carbons (Fsp3) is 0.529. The molecule has 0 saturated carbocycles. The van der Waals surface area contributed by atoms with E-state index in [9.17, 15) is 9.59 Å². The average Bonchev–Trinajstić information content (AvgIpc) is 3.00. The molecule has 0 unspecified atom stereocenters. The topological polar surface area (TPSA) is 67.4 Å². The Balaban J connectivity index is 1.64. The molecule has 0 heterocycles. The maximum Gasteiger partial charge on any atom is 0.321 e. The van der Waals surface area contributed by atoms with Gasteiger partial charge in [-0.05, 0) is 55.9 Å². The number of carbonyl (C=O) groups excluding carboxylic acids is 2. The summed E-state index contributed by atoms with van der Waals surface area (Å²) in [5, 5.41) is 4.99. The number of nitrogens with one attached hydrogen (secondary N) is 2. The predicted octanol–water partition coefficient (Wildman–Crippen LogP) is 2.52. The van der Waals surface area contributed by atoms with Crippen LogP contribution in [-0.2, 0) is 22.4 Å². The van der Waals surface area contributed by atoms with Crippen molar-refractivity contribution in [2.45, 2.75) is 37.5 Å². The third-order valence-electron chi connectivity index (χ3n) is 3.65. The lowest BCUT2D eigenvalue weighted by Gasteiger charge is -2.07. The van der Waals surface area contributed by atoms with Crippen LogP contribution in [0.25, 0.3) is 0 Å². The number of ether oxygens (including phenoxy) is 1. The van der Waals surface area contributed by atoms with Crippen molar-refractivity contribution in [1.29, 1.82) is 0 Å². The Kier molecular flexibility index (Phi) is 7.42. The second kappa shape index (κ2) is 9.57. The largest absolute Gasteiger partial charge is 0.382 e. The van der Waals surface area contributed by atoms with Crippen molar-refractivity contribution in [1.82, 2.24) is 10.6 Å². The van der Waals surface area contributed by atoms with Crippen LogP contribution in [0.2, 0.25) is 0 Å². The van der Waals surface area contributed by atoms with Gasteiger partial charge in [0.2, 0.25) is 5.91 Å². The normalized spacial score (nSPS) is 12.7. The molecule has 126 valence electrons. The summed E-state index contributed by atoms with van der Waals surface area (Å²) < 4.78 is 5.17. The summed E-state index contributed by atoms with van der Waals surface area (Å²) in [5.41, 5.74) is 2.81. The first-order chi connectivity index (χ1) is 11.2. The van der Waals surface area contributed by atoms with Crippen molar-refractivity contribution in [3.8, 4) is 0 Å². The maximum absolute atomic E-state index is 11.8. The van der Waals surface area contributed by atoms with Crippen molar-refractivity contribution in [3.63, 3.8) is 0 Å². The summed E-state index contributed by atoms with van der Waals surface area (Å²) in [7, 11) is 0. The minimum absolute atomic E-state index is 0.241. The molecule has 2 rings (SSSR count). The standard InChI is InChI=1S/C17H24N2O3S/c1-2-22-10-4-9-18-17(21)19-16(20)12-23-15-8-7-13-5-3-6-14(13)11-15/h7-8,11H,2-6,9-10,12H2,1H3,(H2,18,19,20,21). The molecule has 3 amide bonds. The van der Waals surface area contributed by atoms with E-state index >= 15 is 0 Å². The van der Waals surface area contributed by atoms with E-state index in [1.54, 1.807) is 0 Å². The lowest BCUT2D eigenvalue weighted by molar-refractivity contribution is -0.117. The number of benzene rings is 1. The third-order valence-corrected chi connectivity index (χ3v) is 4.64. The van der Waals surface area contributed by atoms with Crippen LogP contribution in [0.1, 0.15) is 30.9 Å². The molecule has 0 radical (unpaired) electrons. The van der Waals surface area contributed by atoms with Crippen molar-refractivity contribution in [2.24, 2.45) is 0 Å². The molecule has 0 spiro atoms. The zero-order chi connectivity index (χ0) is 16.5. The van der Waals surface area contributed by atoms with Gasteiger partial charge in [0.1, 0.15) is 0 Å². The molecule has 5 nitrogen and oxygen atoms in total. The van der Waals surface area contributed by atoms with Gasteiger partial charge in [0, 0.05) is 24.7 Å². The monoisotopic (exact) mass is 336 g/mol. The zero-order valence-corrected chi connectivity index (χ0v) is 14.3. The highest BCUT2D eigenvalue weighted by Gasteiger charge is 2.12. The number of hydrogen-bond acceptors (Lipinski definition) is 4. The van der Waals surface area contributed by atoms with Gasteiger partial charge in [0.15, 0.2) is 0 Å². The number of amides is 3. The molecule has 0 bridgehead atoms. The Labute approximate surface area is 141 Å². The Bertz CT molecular complexity index is 549. The molecular weight excluding hydrogens is 312 g/mol. The molecule has 0 saturated heterocycles. The first-order valence-electron chi connectivity index (χ1n) is 8.09. The predicted molar refractivity (Wildman–Crippen MR) is 91.8 cm³/mol. The molecule has 2 N–H and O–H groups in total. The molecule has 0 aromatic heterocycles. The lowest BCUT2D eigenvalue weighted by atomic mass is 10.1. The van der Waals surface area contributed by atoms with Gasteiger partial charge < -0.3 is 10.1 Å². The van der Waals surface area contributed by atoms with E-state index in [0.717, 1.165) is 24.2 Å².